The van der Waals surface area contributed by atoms with Gasteiger partial charge in [0, 0.05) is 5.70 Å². The third kappa shape index (κ3) is 4.00. The van der Waals surface area contributed by atoms with Gasteiger partial charge in [0.1, 0.15) is 12.8 Å². The monoisotopic (exact) mass is 318 g/mol. The minimum Gasteiger partial charge on any atom is -0.478 e. The highest BCUT2D eigenvalue weighted by molar-refractivity contribution is 6.38. The molecule has 1 aromatic carbocycles. The highest BCUT2D eigenvalue weighted by atomic mass is 19.2. The summed E-state index contributed by atoms with van der Waals surface area (Å²) in [5.41, 5.74) is 2.22. The fourth-order valence-electron chi connectivity index (χ4n) is 2.74. The number of carboxylic acid groups (broad SMARTS) is 1. The fraction of sp³-hybridized carbons (Fsp3) is 0.353. The Bertz CT molecular complexity index is 673. The van der Waals surface area contributed by atoms with Crippen molar-refractivity contribution < 1.29 is 18.7 Å². The molecule has 0 aromatic heterocycles. The highest BCUT2D eigenvalue weighted by Gasteiger charge is 2.28. The van der Waals surface area contributed by atoms with Gasteiger partial charge in [0.2, 0.25) is 0 Å². The number of carbonyl (C=O) groups is 1. The number of carboxylic acids is 1. The third-order valence-electron chi connectivity index (χ3n) is 3.92. The van der Waals surface area contributed by atoms with Gasteiger partial charge in [0.15, 0.2) is 11.6 Å². The summed E-state index contributed by atoms with van der Waals surface area (Å²) in [5.74, 6) is -3.93. The molecule has 0 spiro atoms. The number of allylic oxidation sites excluding steroid dienone is 2. The molecule has 1 aliphatic rings. The Kier molecular flexibility index (Phi) is 5.24. The van der Waals surface area contributed by atoms with Crippen LogP contribution in [0.3, 0.4) is 0 Å². The molecule has 0 aliphatic carbocycles. The molecule has 6 heteroatoms. The molecule has 2 rings (SSSR count). The molecule has 0 saturated heterocycles. The maximum Gasteiger partial charge on any atom is 0.339 e. The van der Waals surface area contributed by atoms with Crippen LogP contribution in [0.1, 0.15) is 41.3 Å². The lowest BCUT2D eigenvalue weighted by atomic mass is 9.57. The predicted molar refractivity (Wildman–Crippen MR) is 86.6 cm³/mol. The summed E-state index contributed by atoms with van der Waals surface area (Å²) < 4.78 is 27.3. The van der Waals surface area contributed by atoms with Gasteiger partial charge in [-0.15, -0.1) is 6.58 Å². The van der Waals surface area contributed by atoms with Gasteiger partial charge >= 0.3 is 5.97 Å². The van der Waals surface area contributed by atoms with Gasteiger partial charge in [-0.05, 0) is 49.3 Å². The van der Waals surface area contributed by atoms with Gasteiger partial charge in [-0.2, -0.15) is 0 Å². The number of nitrogens with one attached hydrogen (secondary N) is 1. The van der Waals surface area contributed by atoms with Crippen LogP contribution in [0.15, 0.2) is 30.5 Å². The molecule has 1 aliphatic heterocycles. The number of fused-ring (bicyclic) bond motifs is 1. The first-order valence-electron chi connectivity index (χ1n) is 7.44. The number of rotatable bonds is 6. The summed E-state index contributed by atoms with van der Waals surface area (Å²) in [4.78, 5) is 11.2. The molecule has 2 N–H and O–H groups in total. The van der Waals surface area contributed by atoms with E-state index in [1.165, 1.54) is 0 Å². The molecule has 0 bridgehead atoms. The average Bonchev–Trinajstić information content (AvgIpc) is 2.46. The first-order valence-corrected chi connectivity index (χ1v) is 7.44. The molecule has 121 valence electrons. The lowest BCUT2D eigenvalue weighted by Crippen LogP contribution is -2.40. The summed E-state index contributed by atoms with van der Waals surface area (Å²) in [6.45, 7) is 9.74. The van der Waals surface area contributed by atoms with Crippen LogP contribution in [-0.4, -0.2) is 24.3 Å². The van der Waals surface area contributed by atoms with Gasteiger partial charge < -0.3 is 10.4 Å². The number of hydrogen-bond donors (Lipinski definition) is 2. The van der Waals surface area contributed by atoms with Gasteiger partial charge in [0.05, 0.1) is 0 Å². The molecule has 1 heterocycles. The fourth-order valence-corrected chi connectivity index (χ4v) is 2.74. The molecule has 0 fully saturated rings. The molecule has 1 radical (unpaired) electrons. The SMILES string of the molecule is C=C(C)CCC(=C)NC1[B]Cc2c(cc(F)c(F)c2C(=O)O)C1. The molecule has 3 nitrogen and oxygen atoms in total. The summed E-state index contributed by atoms with van der Waals surface area (Å²) in [6.07, 6.45) is 2.27. The normalized spacial score (nSPS) is 16.2. The van der Waals surface area contributed by atoms with Crippen molar-refractivity contribution in [1.82, 2.24) is 5.32 Å². The van der Waals surface area contributed by atoms with Crippen LogP contribution in [0.25, 0.3) is 0 Å². The Balaban J connectivity index is 2.14. The highest BCUT2D eigenvalue weighted by Crippen LogP contribution is 2.26. The first-order chi connectivity index (χ1) is 10.8. The number of hydrogen-bond acceptors (Lipinski definition) is 2. The van der Waals surface area contributed by atoms with Crippen LogP contribution in [0.5, 0.6) is 0 Å². The van der Waals surface area contributed by atoms with E-state index in [2.05, 4.69) is 18.5 Å². The maximum atomic E-state index is 13.7. The van der Waals surface area contributed by atoms with Gasteiger partial charge in [-0.3, -0.25) is 0 Å². The smallest absolute Gasteiger partial charge is 0.339 e. The van der Waals surface area contributed by atoms with Crippen molar-refractivity contribution in [2.45, 2.75) is 38.4 Å². The molecule has 23 heavy (non-hydrogen) atoms. The predicted octanol–water partition coefficient (Wildman–Crippen LogP) is 3.21. The Hall–Kier alpha value is -2.11. The van der Waals surface area contributed by atoms with E-state index in [1.54, 1.807) is 0 Å². The van der Waals surface area contributed by atoms with E-state index in [0.29, 0.717) is 17.5 Å². The summed E-state index contributed by atoms with van der Waals surface area (Å²) in [6, 6.07) is 1.09. The lowest BCUT2D eigenvalue weighted by Gasteiger charge is -2.28. The zero-order chi connectivity index (χ0) is 17.1. The van der Waals surface area contributed by atoms with Crippen LogP contribution in [0.2, 0.25) is 0 Å². The van der Waals surface area contributed by atoms with Crippen molar-refractivity contribution in [1.29, 1.82) is 0 Å². The van der Waals surface area contributed by atoms with Crippen molar-refractivity contribution in [3.05, 3.63) is 58.8 Å². The van der Waals surface area contributed by atoms with Crippen LogP contribution in [-0.2, 0) is 12.7 Å². The molecule has 0 saturated carbocycles. The summed E-state index contributed by atoms with van der Waals surface area (Å²) in [5, 5.41) is 12.4. The van der Waals surface area contributed by atoms with E-state index in [4.69, 9.17) is 5.11 Å². The average molecular weight is 318 g/mol. The van der Waals surface area contributed by atoms with Crippen LogP contribution in [0.4, 0.5) is 8.78 Å². The van der Waals surface area contributed by atoms with Crippen molar-refractivity contribution in [3.63, 3.8) is 0 Å². The standard InChI is InChI=1S/C17H19BF2NO2/c1-9(2)4-5-10(3)21-14-7-11-6-13(19)16(20)15(17(22)23)12(11)8-18-14/h6,14,21H,1,3-5,7-8H2,2H3,(H,22,23). The van der Waals surface area contributed by atoms with E-state index in [9.17, 15) is 13.6 Å². The minimum atomic E-state index is -1.44. The summed E-state index contributed by atoms with van der Waals surface area (Å²) in [7, 11) is 1.87. The van der Waals surface area contributed by atoms with Crippen LogP contribution in [0, 0.1) is 11.6 Å². The van der Waals surface area contributed by atoms with Crippen molar-refractivity contribution >= 4 is 13.2 Å². The second kappa shape index (κ2) is 6.98. The largest absolute Gasteiger partial charge is 0.478 e. The van der Waals surface area contributed by atoms with Crippen molar-refractivity contribution in [2.24, 2.45) is 0 Å². The minimum absolute atomic E-state index is 0.0772. The number of halogens is 2. The van der Waals surface area contributed by atoms with E-state index in [0.717, 1.165) is 30.2 Å². The second-order valence-electron chi connectivity index (χ2n) is 5.95. The maximum absolute atomic E-state index is 13.7. The van der Waals surface area contributed by atoms with Gasteiger partial charge in [-0.1, -0.05) is 18.5 Å². The molecule has 0 amide bonds. The Morgan fingerprint density at radius 2 is 2.13 bits per heavy atom. The number of benzene rings is 1. The van der Waals surface area contributed by atoms with Gasteiger partial charge in [0.25, 0.3) is 0 Å². The zero-order valence-electron chi connectivity index (χ0n) is 13.1. The molecule has 1 unspecified atom stereocenters. The van der Waals surface area contributed by atoms with Crippen molar-refractivity contribution in [2.75, 3.05) is 0 Å². The lowest BCUT2D eigenvalue weighted by molar-refractivity contribution is 0.0689. The Morgan fingerprint density at radius 1 is 1.43 bits per heavy atom. The Labute approximate surface area is 135 Å². The molecule has 1 atom stereocenters. The number of aromatic carboxylic acids is 1. The van der Waals surface area contributed by atoms with E-state index in [-0.39, 0.29) is 12.3 Å². The Morgan fingerprint density at radius 3 is 2.74 bits per heavy atom. The molecule has 1 aromatic rings. The zero-order valence-corrected chi connectivity index (χ0v) is 13.1. The van der Waals surface area contributed by atoms with Crippen LogP contribution >= 0.6 is 0 Å². The third-order valence-corrected chi connectivity index (χ3v) is 3.92. The second-order valence-corrected chi connectivity index (χ2v) is 5.95. The first kappa shape index (κ1) is 17.3. The molecular formula is C17H19BF2NO2. The van der Waals surface area contributed by atoms with Crippen LogP contribution < -0.4 is 5.32 Å². The van der Waals surface area contributed by atoms with E-state index in [1.807, 2.05) is 14.2 Å². The van der Waals surface area contributed by atoms with E-state index >= 15 is 0 Å². The quantitative estimate of drug-likeness (QED) is 0.625. The van der Waals surface area contributed by atoms with Gasteiger partial charge in [-0.25, -0.2) is 13.6 Å². The topological polar surface area (TPSA) is 49.3 Å². The molecular weight excluding hydrogens is 299 g/mol. The van der Waals surface area contributed by atoms with Crippen molar-refractivity contribution in [3.8, 4) is 0 Å². The van der Waals surface area contributed by atoms with E-state index < -0.39 is 23.2 Å². The summed E-state index contributed by atoms with van der Waals surface area (Å²) >= 11 is 0.